The van der Waals surface area contributed by atoms with Gasteiger partial charge in [-0.3, -0.25) is 9.59 Å². The van der Waals surface area contributed by atoms with Crippen LogP contribution in [0.5, 0.6) is 17.2 Å². The summed E-state index contributed by atoms with van der Waals surface area (Å²) in [6.07, 6.45) is 3.47. The monoisotopic (exact) mass is 411 g/mol. The fourth-order valence-electron chi connectivity index (χ4n) is 2.57. The third-order valence-corrected chi connectivity index (χ3v) is 3.99. The summed E-state index contributed by atoms with van der Waals surface area (Å²) in [5.74, 6) is 0.143. The zero-order valence-electron chi connectivity index (χ0n) is 17.4. The highest BCUT2D eigenvalue weighted by atomic mass is 16.5. The summed E-state index contributed by atoms with van der Waals surface area (Å²) in [6, 6.07) is 12.8. The van der Waals surface area contributed by atoms with Gasteiger partial charge in [0, 0.05) is 5.56 Å². The van der Waals surface area contributed by atoms with Crippen LogP contribution in [-0.2, 0) is 4.79 Å². The number of amides is 2. The van der Waals surface area contributed by atoms with E-state index in [-0.39, 0.29) is 12.1 Å². The van der Waals surface area contributed by atoms with E-state index < -0.39 is 11.8 Å². The molecule has 0 saturated heterocycles. The number of hydrogen-bond acceptors (Lipinski definition) is 6. The van der Waals surface area contributed by atoms with Gasteiger partial charge in [0.1, 0.15) is 0 Å². The first-order valence-electron chi connectivity index (χ1n) is 9.12. The van der Waals surface area contributed by atoms with Gasteiger partial charge in [-0.25, -0.2) is 5.43 Å². The number of nitrogens with zero attached hydrogens (tertiary/aromatic N) is 1. The van der Waals surface area contributed by atoms with E-state index >= 15 is 0 Å². The Bertz CT molecular complexity index is 914. The second kappa shape index (κ2) is 11.3. The van der Waals surface area contributed by atoms with E-state index in [0.29, 0.717) is 17.2 Å². The highest BCUT2D eigenvalue weighted by Gasteiger charge is 2.17. The van der Waals surface area contributed by atoms with Crippen LogP contribution >= 0.6 is 0 Å². The van der Waals surface area contributed by atoms with E-state index in [9.17, 15) is 9.59 Å². The van der Waals surface area contributed by atoms with Gasteiger partial charge in [-0.2, -0.15) is 5.10 Å². The fraction of sp³-hybridized carbons (Fsp3) is 0.227. The summed E-state index contributed by atoms with van der Waals surface area (Å²) in [5, 5.41) is 6.42. The summed E-state index contributed by atoms with van der Waals surface area (Å²) in [6.45, 7) is 1.63. The fourth-order valence-corrected chi connectivity index (χ4v) is 2.57. The summed E-state index contributed by atoms with van der Waals surface area (Å²) < 4.78 is 15.7. The molecule has 0 fully saturated rings. The van der Waals surface area contributed by atoms with E-state index in [1.807, 2.05) is 43.3 Å². The SMILES string of the molecule is COc1cc(C(=O)NCC(=O)NN=CC(C)=Cc2ccccc2)cc(OC)c1OC. The molecule has 0 atom stereocenters. The van der Waals surface area contributed by atoms with Crippen molar-refractivity contribution in [2.24, 2.45) is 5.10 Å². The largest absolute Gasteiger partial charge is 0.493 e. The average molecular weight is 411 g/mol. The van der Waals surface area contributed by atoms with Gasteiger partial charge >= 0.3 is 0 Å². The Morgan fingerprint density at radius 2 is 1.63 bits per heavy atom. The minimum atomic E-state index is -0.464. The minimum absolute atomic E-state index is 0.242. The van der Waals surface area contributed by atoms with Crippen LogP contribution < -0.4 is 25.0 Å². The van der Waals surface area contributed by atoms with Crippen LogP contribution in [0.3, 0.4) is 0 Å². The second-order valence-electron chi connectivity index (χ2n) is 6.19. The third-order valence-electron chi connectivity index (χ3n) is 3.99. The highest BCUT2D eigenvalue weighted by molar-refractivity contribution is 5.97. The lowest BCUT2D eigenvalue weighted by Gasteiger charge is -2.14. The predicted octanol–water partition coefficient (Wildman–Crippen LogP) is 2.65. The topological polar surface area (TPSA) is 98.2 Å². The quantitative estimate of drug-likeness (QED) is 0.488. The van der Waals surface area contributed by atoms with Crippen LogP contribution in [0.1, 0.15) is 22.8 Å². The second-order valence-corrected chi connectivity index (χ2v) is 6.19. The Morgan fingerprint density at radius 3 is 2.20 bits per heavy atom. The number of hydrazone groups is 1. The number of carbonyl (C=O) groups is 2. The molecule has 2 aromatic carbocycles. The molecule has 0 aromatic heterocycles. The van der Waals surface area contributed by atoms with Crippen LogP contribution in [0, 0.1) is 0 Å². The van der Waals surface area contributed by atoms with Crippen LogP contribution in [-0.4, -0.2) is 45.9 Å². The van der Waals surface area contributed by atoms with Crippen LogP contribution in [0.15, 0.2) is 53.1 Å². The lowest BCUT2D eigenvalue weighted by molar-refractivity contribution is -0.120. The molecule has 2 N–H and O–H groups in total. The molecule has 0 heterocycles. The van der Waals surface area contributed by atoms with E-state index in [4.69, 9.17) is 14.2 Å². The van der Waals surface area contributed by atoms with Crippen LogP contribution in [0.2, 0.25) is 0 Å². The van der Waals surface area contributed by atoms with Crippen molar-refractivity contribution in [3.05, 3.63) is 59.2 Å². The smallest absolute Gasteiger partial charge is 0.259 e. The van der Waals surface area contributed by atoms with Crippen molar-refractivity contribution >= 4 is 24.1 Å². The Hall–Kier alpha value is -3.81. The lowest BCUT2D eigenvalue weighted by atomic mass is 10.1. The first-order valence-corrected chi connectivity index (χ1v) is 9.12. The molecule has 0 aliphatic carbocycles. The van der Waals surface area contributed by atoms with Gasteiger partial charge in [-0.05, 0) is 30.2 Å². The molecule has 158 valence electrons. The van der Waals surface area contributed by atoms with Crippen molar-refractivity contribution in [2.45, 2.75) is 6.92 Å². The number of hydrogen-bond donors (Lipinski definition) is 2. The van der Waals surface area contributed by atoms with Gasteiger partial charge in [-0.1, -0.05) is 36.4 Å². The highest BCUT2D eigenvalue weighted by Crippen LogP contribution is 2.38. The summed E-state index contributed by atoms with van der Waals surface area (Å²) >= 11 is 0. The Morgan fingerprint density at radius 1 is 1.00 bits per heavy atom. The van der Waals surface area contributed by atoms with E-state index in [1.54, 1.807) is 0 Å². The zero-order valence-corrected chi connectivity index (χ0v) is 17.4. The molecule has 0 saturated carbocycles. The number of benzene rings is 2. The number of allylic oxidation sites excluding steroid dienone is 1. The lowest BCUT2D eigenvalue weighted by Crippen LogP contribution is -2.34. The number of nitrogens with one attached hydrogen (secondary N) is 2. The van der Waals surface area contributed by atoms with Gasteiger partial charge < -0.3 is 19.5 Å². The standard InChI is InChI=1S/C22H25N3O5/c1-15(10-16-8-6-5-7-9-16)13-24-25-20(26)14-23-22(27)17-11-18(28-2)21(30-4)19(12-17)29-3/h5-13H,14H2,1-4H3,(H,23,27)(H,25,26). The van der Waals surface area contributed by atoms with Gasteiger partial charge in [-0.15, -0.1) is 0 Å². The molecule has 2 rings (SSSR count). The first kappa shape index (κ1) is 22.5. The van der Waals surface area contributed by atoms with Gasteiger partial charge in [0.25, 0.3) is 11.8 Å². The van der Waals surface area contributed by atoms with Gasteiger partial charge in [0.2, 0.25) is 5.75 Å². The minimum Gasteiger partial charge on any atom is -0.493 e. The average Bonchev–Trinajstić information content (AvgIpc) is 2.76. The van der Waals surface area contributed by atoms with Crippen molar-refractivity contribution < 1.29 is 23.8 Å². The Balaban J connectivity index is 1.91. The summed E-state index contributed by atoms with van der Waals surface area (Å²) in [7, 11) is 4.39. The number of carbonyl (C=O) groups excluding carboxylic acids is 2. The molecule has 30 heavy (non-hydrogen) atoms. The maximum absolute atomic E-state index is 12.4. The number of ether oxygens (including phenoxy) is 3. The van der Waals surface area contributed by atoms with Gasteiger partial charge in [0.15, 0.2) is 11.5 Å². The van der Waals surface area contributed by atoms with Crippen molar-refractivity contribution in [3.8, 4) is 17.2 Å². The van der Waals surface area contributed by atoms with Gasteiger partial charge in [0.05, 0.1) is 34.1 Å². The summed E-state index contributed by atoms with van der Waals surface area (Å²) in [4.78, 5) is 24.3. The normalized spacial score (nSPS) is 11.1. The molecule has 0 spiro atoms. The number of rotatable bonds is 9. The van der Waals surface area contributed by atoms with E-state index in [0.717, 1.165) is 11.1 Å². The van der Waals surface area contributed by atoms with Crippen molar-refractivity contribution in [1.29, 1.82) is 0 Å². The molecule has 0 unspecified atom stereocenters. The molecule has 8 nitrogen and oxygen atoms in total. The zero-order chi connectivity index (χ0) is 21.9. The molecule has 0 aliphatic heterocycles. The Labute approximate surface area is 175 Å². The van der Waals surface area contributed by atoms with Crippen molar-refractivity contribution in [2.75, 3.05) is 27.9 Å². The molecule has 0 radical (unpaired) electrons. The molecule has 0 aliphatic rings. The molecule has 2 aromatic rings. The molecule has 0 bridgehead atoms. The van der Waals surface area contributed by atoms with E-state index in [2.05, 4.69) is 15.8 Å². The maximum Gasteiger partial charge on any atom is 0.259 e. The number of methoxy groups -OCH3 is 3. The van der Waals surface area contributed by atoms with Crippen LogP contribution in [0.4, 0.5) is 0 Å². The maximum atomic E-state index is 12.4. The van der Waals surface area contributed by atoms with Crippen LogP contribution in [0.25, 0.3) is 6.08 Å². The van der Waals surface area contributed by atoms with Crippen molar-refractivity contribution in [3.63, 3.8) is 0 Å². The first-order chi connectivity index (χ1) is 14.5. The Kier molecular flexibility index (Phi) is 8.43. The molecular formula is C22H25N3O5. The van der Waals surface area contributed by atoms with E-state index in [1.165, 1.54) is 39.7 Å². The van der Waals surface area contributed by atoms with Crippen molar-refractivity contribution in [1.82, 2.24) is 10.7 Å². The molecule has 2 amide bonds. The third kappa shape index (κ3) is 6.37. The predicted molar refractivity (Wildman–Crippen MR) is 115 cm³/mol. The summed E-state index contributed by atoms with van der Waals surface area (Å²) in [5.41, 5.74) is 4.54. The molecule has 8 heteroatoms. The molecular weight excluding hydrogens is 386 g/mol.